The average Bonchev–Trinajstić information content (AvgIpc) is 3.08. The maximum Gasteiger partial charge on any atom is 0.420 e. The molecule has 52 heavy (non-hydrogen) atoms. The first-order valence-electron chi connectivity index (χ1n) is 17.4. The molecule has 0 aliphatic carbocycles. The van der Waals surface area contributed by atoms with Crippen LogP contribution in [0.3, 0.4) is 0 Å². The van der Waals surface area contributed by atoms with Gasteiger partial charge in [0.2, 0.25) is 8.32 Å². The van der Waals surface area contributed by atoms with Gasteiger partial charge in [-0.2, -0.15) is 4.90 Å². The molecule has 4 aromatic rings. The second-order valence-corrected chi connectivity index (χ2v) is 19.9. The van der Waals surface area contributed by atoms with E-state index in [2.05, 4.69) is 33.9 Å². The highest BCUT2D eigenvalue weighted by molar-refractivity contribution is 6.74. The molecule has 0 unspecified atom stereocenters. The molecule has 0 fully saturated rings. The zero-order valence-corrected chi connectivity index (χ0v) is 32.5. The van der Waals surface area contributed by atoms with Gasteiger partial charge in [-0.25, -0.2) is 14.4 Å². The SMILES string of the molecule is CC(C)(C)OC(=O)N(C(=O)OCc1ccccc1)[C@@H](Cc1cc(OCc2ccccc2)cc(O[Si](C)(C)C(C)(C)C)c1)C(=O)OCc1ccccc1. The number of imide groups is 1. The molecule has 0 bridgehead atoms. The first-order valence-corrected chi connectivity index (χ1v) is 20.3. The summed E-state index contributed by atoms with van der Waals surface area (Å²) in [4.78, 5) is 42.6. The third kappa shape index (κ3) is 12.0. The third-order valence-electron chi connectivity index (χ3n) is 8.60. The lowest BCUT2D eigenvalue weighted by Crippen LogP contribution is -2.52. The highest BCUT2D eigenvalue weighted by Crippen LogP contribution is 2.38. The molecule has 10 heteroatoms. The van der Waals surface area contributed by atoms with Crippen LogP contribution in [0.15, 0.2) is 109 Å². The summed E-state index contributed by atoms with van der Waals surface area (Å²) in [5.74, 6) is 0.245. The Bertz CT molecular complexity index is 1770. The Hall–Kier alpha value is -5.09. The van der Waals surface area contributed by atoms with E-state index < -0.39 is 38.1 Å². The van der Waals surface area contributed by atoms with Crippen molar-refractivity contribution in [2.45, 2.75) is 97.6 Å². The van der Waals surface area contributed by atoms with E-state index >= 15 is 0 Å². The summed E-state index contributed by atoms with van der Waals surface area (Å²) in [6.45, 7) is 15.9. The second kappa shape index (κ2) is 17.4. The Balaban J connectivity index is 1.76. The van der Waals surface area contributed by atoms with Crippen molar-refractivity contribution in [3.8, 4) is 11.5 Å². The van der Waals surface area contributed by atoms with E-state index in [9.17, 15) is 14.4 Å². The molecule has 276 valence electrons. The van der Waals surface area contributed by atoms with Gasteiger partial charge in [0.15, 0.2) is 0 Å². The molecule has 0 radical (unpaired) electrons. The van der Waals surface area contributed by atoms with Crippen molar-refractivity contribution in [3.63, 3.8) is 0 Å². The van der Waals surface area contributed by atoms with E-state index in [0.29, 0.717) is 34.1 Å². The number of hydrogen-bond donors (Lipinski definition) is 0. The van der Waals surface area contributed by atoms with Gasteiger partial charge in [0.05, 0.1) is 0 Å². The fourth-order valence-corrected chi connectivity index (χ4v) is 5.85. The molecule has 4 rings (SSSR count). The Morgan fingerprint density at radius 2 is 1.10 bits per heavy atom. The minimum absolute atomic E-state index is 0.0721. The highest BCUT2D eigenvalue weighted by Gasteiger charge is 2.41. The van der Waals surface area contributed by atoms with E-state index in [0.717, 1.165) is 11.1 Å². The number of rotatable bonds is 13. The third-order valence-corrected chi connectivity index (χ3v) is 13.0. The van der Waals surface area contributed by atoms with Crippen LogP contribution in [0.4, 0.5) is 9.59 Å². The van der Waals surface area contributed by atoms with E-state index in [1.54, 1.807) is 39.0 Å². The minimum Gasteiger partial charge on any atom is -0.543 e. The van der Waals surface area contributed by atoms with Gasteiger partial charge in [-0.15, -0.1) is 0 Å². The number of benzene rings is 4. The summed E-state index contributed by atoms with van der Waals surface area (Å²) >= 11 is 0. The smallest absolute Gasteiger partial charge is 0.420 e. The van der Waals surface area contributed by atoms with Gasteiger partial charge in [-0.3, -0.25) is 0 Å². The number of carbonyl (C=O) groups excluding carboxylic acids is 3. The maximum absolute atomic E-state index is 14.1. The monoisotopic (exact) mass is 725 g/mol. The van der Waals surface area contributed by atoms with Crippen LogP contribution in [0.2, 0.25) is 18.1 Å². The molecule has 0 saturated carbocycles. The van der Waals surface area contributed by atoms with E-state index in [1.807, 2.05) is 91.0 Å². The molecule has 0 heterocycles. The van der Waals surface area contributed by atoms with Crippen LogP contribution < -0.4 is 9.16 Å². The molecular weight excluding hydrogens is 675 g/mol. The Morgan fingerprint density at radius 3 is 1.60 bits per heavy atom. The number of hydrogen-bond acceptors (Lipinski definition) is 8. The molecule has 0 saturated heterocycles. The molecule has 1 atom stereocenters. The maximum atomic E-state index is 14.1. The minimum atomic E-state index is -2.32. The van der Waals surface area contributed by atoms with Crippen LogP contribution in [-0.2, 0) is 45.2 Å². The number of carbonyl (C=O) groups is 3. The summed E-state index contributed by atoms with van der Waals surface area (Å²) < 4.78 is 30.0. The lowest BCUT2D eigenvalue weighted by molar-refractivity contribution is -0.150. The topological polar surface area (TPSA) is 101 Å². The zero-order chi connectivity index (χ0) is 37.9. The summed E-state index contributed by atoms with van der Waals surface area (Å²) in [7, 11) is -2.32. The molecule has 2 amide bonds. The van der Waals surface area contributed by atoms with E-state index in [4.69, 9.17) is 23.4 Å². The number of amides is 2. The molecule has 0 aromatic heterocycles. The van der Waals surface area contributed by atoms with Gasteiger partial charge in [0, 0.05) is 12.5 Å². The number of nitrogens with zero attached hydrogens (tertiary/aromatic N) is 1. The first-order chi connectivity index (χ1) is 24.5. The van der Waals surface area contributed by atoms with Crippen LogP contribution in [0, 0.1) is 0 Å². The Morgan fingerprint density at radius 1 is 0.615 bits per heavy atom. The fourth-order valence-electron chi connectivity index (χ4n) is 4.84. The molecule has 0 N–H and O–H groups in total. The van der Waals surface area contributed by atoms with Gasteiger partial charge >= 0.3 is 18.2 Å². The second-order valence-electron chi connectivity index (χ2n) is 15.2. The van der Waals surface area contributed by atoms with Crippen molar-refractivity contribution >= 4 is 26.5 Å². The van der Waals surface area contributed by atoms with Gasteiger partial charge in [-0.05, 0) is 73.3 Å². The van der Waals surface area contributed by atoms with Gasteiger partial charge in [0.25, 0.3) is 0 Å². The zero-order valence-electron chi connectivity index (χ0n) is 31.5. The van der Waals surface area contributed by atoms with E-state index in [-0.39, 0.29) is 24.7 Å². The molecule has 0 aliphatic rings. The van der Waals surface area contributed by atoms with Crippen LogP contribution in [0.25, 0.3) is 0 Å². The normalized spacial score (nSPS) is 12.3. The predicted octanol–water partition coefficient (Wildman–Crippen LogP) is 9.88. The standard InChI is InChI=1S/C42H51NO8Si/c1-41(2,3)50-40(46)43(39(45)49-30-33-22-16-11-17-23-33)37(38(44)48-29-32-20-14-10-15-21-32)26-34-24-35(47-28-31-18-12-9-13-19-31)27-36(25-34)51-52(7,8)42(4,5)6/h9-25,27,37H,26,28-30H2,1-8H3/t37-/m0/s1. The van der Waals surface area contributed by atoms with Gasteiger partial charge in [0.1, 0.15) is 43.0 Å². The molecule has 0 aliphatic heterocycles. The summed E-state index contributed by atoms with van der Waals surface area (Å²) in [5.41, 5.74) is 2.01. The largest absolute Gasteiger partial charge is 0.543 e. The van der Waals surface area contributed by atoms with Crippen molar-refractivity contribution in [3.05, 3.63) is 131 Å². The summed E-state index contributed by atoms with van der Waals surface area (Å²) in [5, 5.41) is -0.103. The first kappa shape index (κ1) is 39.7. The van der Waals surface area contributed by atoms with Gasteiger partial charge < -0.3 is 23.4 Å². The van der Waals surface area contributed by atoms with Crippen molar-refractivity contribution in [2.24, 2.45) is 0 Å². The predicted molar refractivity (Wildman–Crippen MR) is 203 cm³/mol. The highest BCUT2D eigenvalue weighted by atomic mass is 28.4. The van der Waals surface area contributed by atoms with Crippen molar-refractivity contribution in [2.75, 3.05) is 0 Å². The lowest BCUT2D eigenvalue weighted by atomic mass is 10.0. The molecule has 0 spiro atoms. The quantitative estimate of drug-likeness (QED) is 0.0763. The summed E-state index contributed by atoms with van der Waals surface area (Å²) in [6.07, 6.45) is -2.22. The van der Waals surface area contributed by atoms with Crippen LogP contribution in [-0.4, -0.2) is 43.0 Å². The van der Waals surface area contributed by atoms with Gasteiger partial charge in [-0.1, -0.05) is 112 Å². The average molecular weight is 726 g/mol. The van der Waals surface area contributed by atoms with Crippen LogP contribution in [0.1, 0.15) is 63.8 Å². The van der Waals surface area contributed by atoms with Crippen LogP contribution in [0.5, 0.6) is 11.5 Å². The number of esters is 1. The molecule has 9 nitrogen and oxygen atoms in total. The lowest BCUT2D eigenvalue weighted by Gasteiger charge is -2.36. The molecular formula is C42H51NO8Si. The van der Waals surface area contributed by atoms with Crippen molar-refractivity contribution < 1.29 is 37.8 Å². The molecule has 4 aromatic carbocycles. The van der Waals surface area contributed by atoms with Crippen LogP contribution >= 0.6 is 0 Å². The van der Waals surface area contributed by atoms with Crippen molar-refractivity contribution in [1.29, 1.82) is 0 Å². The fraction of sp³-hybridized carbons (Fsp3) is 0.357. The van der Waals surface area contributed by atoms with E-state index in [1.165, 1.54) is 0 Å². The summed E-state index contributed by atoms with van der Waals surface area (Å²) in [6, 6.07) is 31.9. The Labute approximate surface area is 308 Å². The number of ether oxygens (including phenoxy) is 4. The van der Waals surface area contributed by atoms with Crippen molar-refractivity contribution in [1.82, 2.24) is 4.90 Å². The Kier molecular flexibility index (Phi) is 13.3.